The van der Waals surface area contributed by atoms with E-state index in [9.17, 15) is 0 Å². The van der Waals surface area contributed by atoms with Gasteiger partial charge in [0.2, 0.25) is 0 Å². The Balaban J connectivity index is 3.25. The number of aromatic nitrogens is 1. The molecule has 0 bridgehead atoms. The van der Waals surface area contributed by atoms with Crippen molar-refractivity contribution in [2.24, 2.45) is 11.3 Å². The lowest BCUT2D eigenvalue weighted by Crippen LogP contribution is -2.11. The highest BCUT2D eigenvalue weighted by Crippen LogP contribution is 2.37. The molecular formula is C12H18N2O. The quantitative estimate of drug-likeness (QED) is 0.757. The normalized spacial score (nSPS) is 12.7. The van der Waals surface area contributed by atoms with Gasteiger partial charge in [-0.15, -0.1) is 0 Å². The molecule has 0 spiro atoms. The second-order valence-electron chi connectivity index (χ2n) is 4.44. The van der Waals surface area contributed by atoms with Gasteiger partial charge in [0.25, 0.3) is 0 Å². The third kappa shape index (κ3) is 2.57. The minimum atomic E-state index is 0.0589. The van der Waals surface area contributed by atoms with Gasteiger partial charge in [-0.05, 0) is 24.0 Å². The number of pyridine rings is 1. The van der Waals surface area contributed by atoms with Gasteiger partial charge in [0.15, 0.2) is 5.75 Å². The summed E-state index contributed by atoms with van der Waals surface area (Å²) in [6, 6.07) is 1.92. The summed E-state index contributed by atoms with van der Waals surface area (Å²) in [6.07, 6.45) is 5.45. The zero-order valence-electron chi connectivity index (χ0n) is 9.74. The zero-order chi connectivity index (χ0) is 11.5. The Labute approximate surface area is 90.9 Å². The average molecular weight is 206 g/mol. The summed E-state index contributed by atoms with van der Waals surface area (Å²) in [5, 5.41) is 0. The highest BCUT2D eigenvalue weighted by Gasteiger charge is 2.20. The van der Waals surface area contributed by atoms with Crippen LogP contribution < -0.4 is 10.7 Å². The first-order chi connectivity index (χ1) is 7.00. The fourth-order valence-corrected chi connectivity index (χ4v) is 1.69. The smallest absolute Gasteiger partial charge is 0.172 e. The highest BCUT2D eigenvalue weighted by atomic mass is 16.6. The molecule has 1 aromatic heterocycles. The number of hydrogen-bond donors (Lipinski definition) is 1. The molecule has 0 aliphatic rings. The number of hydrogen-bond acceptors (Lipinski definition) is 3. The Morgan fingerprint density at radius 3 is 2.60 bits per heavy atom. The molecular weight excluding hydrogens is 188 g/mol. The zero-order valence-corrected chi connectivity index (χ0v) is 9.74. The number of nitrogens with zero attached hydrogens (tertiary/aromatic N) is 1. The summed E-state index contributed by atoms with van der Waals surface area (Å²) < 4.78 is 0. The number of allylic oxidation sites excluding steroid dienone is 2. The van der Waals surface area contributed by atoms with Crippen LogP contribution in [-0.4, -0.2) is 4.98 Å². The van der Waals surface area contributed by atoms with E-state index in [1.807, 2.05) is 13.0 Å². The molecule has 3 heteroatoms. The summed E-state index contributed by atoms with van der Waals surface area (Å²) in [6.45, 7) is 8.48. The third-order valence-electron chi connectivity index (χ3n) is 2.30. The van der Waals surface area contributed by atoms with Gasteiger partial charge in [-0.2, -0.15) is 5.90 Å². The highest BCUT2D eigenvalue weighted by molar-refractivity contribution is 5.73. The van der Waals surface area contributed by atoms with Crippen molar-refractivity contribution in [3.8, 4) is 5.75 Å². The van der Waals surface area contributed by atoms with E-state index in [4.69, 9.17) is 10.7 Å². The average Bonchev–Trinajstić information content (AvgIpc) is 2.17. The van der Waals surface area contributed by atoms with Gasteiger partial charge >= 0.3 is 0 Å². The molecule has 0 radical (unpaired) electrons. The topological polar surface area (TPSA) is 48.1 Å². The molecule has 0 saturated carbocycles. The first-order valence-electron chi connectivity index (χ1n) is 4.98. The SMILES string of the molecule is C/C=C(\c1ccncc1ON)C(C)(C)C. The van der Waals surface area contributed by atoms with Crippen LogP contribution >= 0.6 is 0 Å². The van der Waals surface area contributed by atoms with Crippen molar-refractivity contribution in [2.75, 3.05) is 0 Å². The lowest BCUT2D eigenvalue weighted by atomic mass is 9.82. The van der Waals surface area contributed by atoms with Gasteiger partial charge in [0.05, 0.1) is 6.20 Å². The van der Waals surface area contributed by atoms with Crippen LogP contribution in [0, 0.1) is 5.41 Å². The maximum atomic E-state index is 5.22. The van der Waals surface area contributed by atoms with E-state index < -0.39 is 0 Å². The van der Waals surface area contributed by atoms with Gasteiger partial charge in [-0.25, -0.2) is 0 Å². The van der Waals surface area contributed by atoms with E-state index in [2.05, 4.69) is 31.8 Å². The first kappa shape index (κ1) is 11.7. The second-order valence-corrected chi connectivity index (χ2v) is 4.44. The summed E-state index contributed by atoms with van der Waals surface area (Å²) in [4.78, 5) is 8.80. The molecule has 1 heterocycles. The standard InChI is InChI=1S/C12H18N2O/c1-5-10(12(2,3)4)9-6-7-14-8-11(9)15-13/h5-8H,13H2,1-4H3/b10-5+. The molecule has 0 amide bonds. The molecule has 0 fully saturated rings. The summed E-state index contributed by atoms with van der Waals surface area (Å²) >= 11 is 0. The maximum Gasteiger partial charge on any atom is 0.172 e. The van der Waals surface area contributed by atoms with E-state index in [1.165, 1.54) is 5.57 Å². The van der Waals surface area contributed by atoms with Crippen molar-refractivity contribution in [2.45, 2.75) is 27.7 Å². The lowest BCUT2D eigenvalue weighted by molar-refractivity contribution is 0.331. The monoisotopic (exact) mass is 206 g/mol. The van der Waals surface area contributed by atoms with E-state index in [0.717, 1.165) is 5.56 Å². The van der Waals surface area contributed by atoms with Crippen molar-refractivity contribution in [3.63, 3.8) is 0 Å². The van der Waals surface area contributed by atoms with E-state index in [1.54, 1.807) is 12.4 Å². The Kier molecular flexibility index (Phi) is 3.48. The van der Waals surface area contributed by atoms with Crippen molar-refractivity contribution < 1.29 is 4.84 Å². The second kappa shape index (κ2) is 4.45. The van der Waals surface area contributed by atoms with Gasteiger partial charge < -0.3 is 4.84 Å². The minimum absolute atomic E-state index is 0.0589. The van der Waals surface area contributed by atoms with Crippen LogP contribution in [0.15, 0.2) is 24.5 Å². The van der Waals surface area contributed by atoms with Crippen LogP contribution in [0.4, 0.5) is 0 Å². The Bertz CT molecular complexity index is 364. The van der Waals surface area contributed by atoms with E-state index >= 15 is 0 Å². The molecule has 1 rings (SSSR count). The molecule has 0 unspecified atom stereocenters. The Hall–Kier alpha value is -1.35. The van der Waals surface area contributed by atoms with Crippen LogP contribution in [-0.2, 0) is 0 Å². The van der Waals surface area contributed by atoms with Crippen LogP contribution in [0.5, 0.6) is 5.75 Å². The van der Waals surface area contributed by atoms with Gasteiger partial charge in [0.1, 0.15) is 0 Å². The summed E-state index contributed by atoms with van der Waals surface area (Å²) in [5.74, 6) is 5.83. The van der Waals surface area contributed by atoms with Crippen molar-refractivity contribution >= 4 is 5.57 Å². The molecule has 0 aliphatic carbocycles. The molecule has 15 heavy (non-hydrogen) atoms. The van der Waals surface area contributed by atoms with E-state index in [0.29, 0.717) is 5.75 Å². The van der Waals surface area contributed by atoms with Crippen LogP contribution in [0.2, 0.25) is 0 Å². The van der Waals surface area contributed by atoms with Crippen molar-refractivity contribution in [1.82, 2.24) is 4.98 Å². The minimum Gasteiger partial charge on any atom is -0.409 e. The summed E-state index contributed by atoms with van der Waals surface area (Å²) in [5.41, 5.74) is 2.26. The predicted molar refractivity (Wildman–Crippen MR) is 62.2 cm³/mol. The number of rotatable bonds is 2. The van der Waals surface area contributed by atoms with Crippen molar-refractivity contribution in [3.05, 3.63) is 30.1 Å². The molecule has 0 saturated heterocycles. The Morgan fingerprint density at radius 2 is 2.13 bits per heavy atom. The summed E-state index contributed by atoms with van der Waals surface area (Å²) in [7, 11) is 0. The fourth-order valence-electron chi connectivity index (χ4n) is 1.69. The fraction of sp³-hybridized carbons (Fsp3) is 0.417. The molecule has 0 aliphatic heterocycles. The predicted octanol–water partition coefficient (Wildman–Crippen LogP) is 2.78. The molecule has 0 aromatic carbocycles. The van der Waals surface area contributed by atoms with E-state index in [-0.39, 0.29) is 5.41 Å². The molecule has 3 nitrogen and oxygen atoms in total. The largest absolute Gasteiger partial charge is 0.409 e. The lowest BCUT2D eigenvalue weighted by Gasteiger charge is -2.24. The molecule has 2 N–H and O–H groups in total. The molecule has 0 atom stereocenters. The van der Waals surface area contributed by atoms with Crippen LogP contribution in [0.25, 0.3) is 5.57 Å². The Morgan fingerprint density at radius 1 is 1.47 bits per heavy atom. The maximum absolute atomic E-state index is 5.22. The van der Waals surface area contributed by atoms with Crippen molar-refractivity contribution in [1.29, 1.82) is 0 Å². The van der Waals surface area contributed by atoms with Crippen LogP contribution in [0.1, 0.15) is 33.3 Å². The third-order valence-corrected chi connectivity index (χ3v) is 2.30. The molecule has 82 valence electrons. The van der Waals surface area contributed by atoms with Gasteiger partial charge in [-0.1, -0.05) is 26.8 Å². The first-order valence-corrected chi connectivity index (χ1v) is 4.98. The number of nitrogens with two attached hydrogens (primary N) is 1. The molecule has 1 aromatic rings. The van der Waals surface area contributed by atoms with Gasteiger partial charge in [-0.3, -0.25) is 4.98 Å². The van der Waals surface area contributed by atoms with Gasteiger partial charge in [0, 0.05) is 11.8 Å². The van der Waals surface area contributed by atoms with Crippen LogP contribution in [0.3, 0.4) is 0 Å².